The molecular weight excluding hydrogens is 352 g/mol. The lowest BCUT2D eigenvalue weighted by Gasteiger charge is -2.08. The van der Waals surface area contributed by atoms with Crippen molar-refractivity contribution in [2.75, 3.05) is 4.72 Å². The van der Waals surface area contributed by atoms with Gasteiger partial charge in [-0.2, -0.15) is 0 Å². The Morgan fingerprint density at radius 3 is 2.48 bits per heavy atom. The molecule has 21 heavy (non-hydrogen) atoms. The van der Waals surface area contributed by atoms with Gasteiger partial charge in [0.2, 0.25) is 0 Å². The van der Waals surface area contributed by atoms with Crippen LogP contribution in [0.25, 0.3) is 10.9 Å². The quantitative estimate of drug-likeness (QED) is 0.770. The Morgan fingerprint density at radius 1 is 0.952 bits per heavy atom. The van der Waals surface area contributed by atoms with Crippen LogP contribution in [0.3, 0.4) is 0 Å². The molecule has 106 valence electrons. The van der Waals surface area contributed by atoms with E-state index in [2.05, 4.69) is 25.6 Å². The molecule has 0 saturated carbocycles. The Labute approximate surface area is 131 Å². The van der Waals surface area contributed by atoms with Gasteiger partial charge in [0.25, 0.3) is 10.0 Å². The zero-order valence-electron chi connectivity index (χ0n) is 10.8. The first-order valence-corrected chi connectivity index (χ1v) is 8.46. The van der Waals surface area contributed by atoms with Crippen LogP contribution in [0.2, 0.25) is 0 Å². The van der Waals surface area contributed by atoms with E-state index < -0.39 is 10.0 Å². The zero-order chi connectivity index (χ0) is 14.9. The van der Waals surface area contributed by atoms with Gasteiger partial charge in [0.05, 0.1) is 10.4 Å². The highest BCUT2D eigenvalue weighted by Gasteiger charge is 2.14. The molecule has 0 saturated heterocycles. The summed E-state index contributed by atoms with van der Waals surface area (Å²) in [7, 11) is -3.61. The molecule has 4 nitrogen and oxygen atoms in total. The molecule has 0 amide bonds. The molecule has 2 aromatic carbocycles. The molecule has 1 N–H and O–H groups in total. The van der Waals surface area contributed by atoms with E-state index >= 15 is 0 Å². The number of nitrogens with zero attached hydrogens (tertiary/aromatic N) is 1. The molecule has 0 aliphatic heterocycles. The van der Waals surface area contributed by atoms with Crippen LogP contribution >= 0.6 is 15.9 Å². The molecule has 3 aromatic rings. The number of anilines is 1. The maximum Gasteiger partial charge on any atom is 0.263 e. The molecule has 0 fully saturated rings. The molecule has 0 aliphatic carbocycles. The van der Waals surface area contributed by atoms with Gasteiger partial charge in [0.15, 0.2) is 0 Å². The van der Waals surface area contributed by atoms with E-state index in [0.717, 1.165) is 15.4 Å². The van der Waals surface area contributed by atoms with E-state index in [9.17, 15) is 8.42 Å². The minimum Gasteiger partial charge on any atom is -0.263 e. The van der Waals surface area contributed by atoms with Crippen LogP contribution in [0.1, 0.15) is 0 Å². The normalized spacial score (nSPS) is 11.5. The zero-order valence-corrected chi connectivity index (χ0v) is 13.2. The van der Waals surface area contributed by atoms with Crippen molar-refractivity contribution in [3.05, 3.63) is 65.1 Å². The van der Waals surface area contributed by atoms with Crippen LogP contribution in [0.5, 0.6) is 0 Å². The van der Waals surface area contributed by atoms with Crippen molar-refractivity contribution in [1.82, 2.24) is 4.98 Å². The van der Waals surface area contributed by atoms with E-state index in [1.54, 1.807) is 36.4 Å². The second kappa shape index (κ2) is 5.46. The lowest BCUT2D eigenvalue weighted by molar-refractivity contribution is 0.601. The van der Waals surface area contributed by atoms with Gasteiger partial charge in [-0.1, -0.05) is 34.1 Å². The SMILES string of the molecule is O=S(=O)(Nc1ccc2cc(Br)ccc2n1)c1ccccc1. The Morgan fingerprint density at radius 2 is 1.71 bits per heavy atom. The molecule has 0 atom stereocenters. The van der Waals surface area contributed by atoms with Gasteiger partial charge in [-0.05, 0) is 42.5 Å². The maximum absolute atomic E-state index is 12.2. The van der Waals surface area contributed by atoms with Gasteiger partial charge in [-0.15, -0.1) is 0 Å². The molecule has 6 heteroatoms. The van der Waals surface area contributed by atoms with Crippen LogP contribution < -0.4 is 4.72 Å². The minimum atomic E-state index is -3.61. The van der Waals surface area contributed by atoms with E-state index in [1.165, 1.54) is 0 Å². The lowest BCUT2D eigenvalue weighted by Crippen LogP contribution is -2.13. The van der Waals surface area contributed by atoms with E-state index in [1.807, 2.05) is 24.3 Å². The number of pyridine rings is 1. The second-order valence-corrected chi connectivity index (χ2v) is 7.05. The third-order valence-corrected chi connectivity index (χ3v) is 4.81. The smallest absolute Gasteiger partial charge is 0.263 e. The molecular formula is C15H11BrN2O2S. The van der Waals surface area contributed by atoms with Crippen molar-refractivity contribution in [1.29, 1.82) is 0 Å². The molecule has 1 aromatic heterocycles. The average molecular weight is 363 g/mol. The fourth-order valence-electron chi connectivity index (χ4n) is 1.95. The maximum atomic E-state index is 12.2. The Kier molecular flexibility index (Phi) is 3.65. The third-order valence-electron chi connectivity index (χ3n) is 2.94. The summed E-state index contributed by atoms with van der Waals surface area (Å²) < 4.78 is 27.9. The number of hydrogen-bond donors (Lipinski definition) is 1. The summed E-state index contributed by atoms with van der Waals surface area (Å²) in [6.07, 6.45) is 0. The highest BCUT2D eigenvalue weighted by atomic mass is 79.9. The second-order valence-electron chi connectivity index (χ2n) is 4.45. The van der Waals surface area contributed by atoms with Gasteiger partial charge in [-0.3, -0.25) is 4.72 Å². The van der Waals surface area contributed by atoms with E-state index in [4.69, 9.17) is 0 Å². The van der Waals surface area contributed by atoms with Crippen molar-refractivity contribution in [3.8, 4) is 0 Å². The molecule has 3 rings (SSSR count). The summed E-state index contributed by atoms with van der Waals surface area (Å²) in [4.78, 5) is 4.53. The van der Waals surface area contributed by atoms with E-state index in [0.29, 0.717) is 5.82 Å². The Bertz CT molecular complexity index is 896. The molecule has 0 unspecified atom stereocenters. The van der Waals surface area contributed by atoms with Crippen LogP contribution in [0.15, 0.2) is 70.0 Å². The largest absolute Gasteiger partial charge is 0.263 e. The average Bonchev–Trinajstić information content (AvgIpc) is 2.48. The van der Waals surface area contributed by atoms with Crippen LogP contribution in [0, 0.1) is 0 Å². The molecule has 0 spiro atoms. The number of fused-ring (bicyclic) bond motifs is 1. The summed E-state index contributed by atoms with van der Waals surface area (Å²) in [5.41, 5.74) is 0.728. The standard InChI is InChI=1S/C15H11BrN2O2S/c16-12-7-8-14-11(10-12)6-9-15(17-14)18-21(19,20)13-4-2-1-3-5-13/h1-10H,(H,17,18). The first-order valence-electron chi connectivity index (χ1n) is 6.19. The topological polar surface area (TPSA) is 59.1 Å². The monoisotopic (exact) mass is 362 g/mol. The molecule has 0 aliphatic rings. The predicted molar refractivity (Wildman–Crippen MR) is 86.7 cm³/mol. The number of hydrogen-bond acceptors (Lipinski definition) is 3. The van der Waals surface area contributed by atoms with Gasteiger partial charge in [0.1, 0.15) is 5.82 Å². The third kappa shape index (κ3) is 3.06. The van der Waals surface area contributed by atoms with Gasteiger partial charge in [-0.25, -0.2) is 13.4 Å². The summed E-state index contributed by atoms with van der Waals surface area (Å²) in [6, 6.07) is 17.3. The highest BCUT2D eigenvalue weighted by Crippen LogP contribution is 2.21. The van der Waals surface area contributed by atoms with Crippen molar-refractivity contribution < 1.29 is 8.42 Å². The fourth-order valence-corrected chi connectivity index (χ4v) is 3.35. The fraction of sp³-hybridized carbons (Fsp3) is 0. The Balaban J connectivity index is 1.97. The highest BCUT2D eigenvalue weighted by molar-refractivity contribution is 9.10. The summed E-state index contributed by atoms with van der Waals surface area (Å²) in [5, 5.41) is 0.937. The van der Waals surface area contributed by atoms with Crippen LogP contribution in [-0.4, -0.2) is 13.4 Å². The minimum absolute atomic E-state index is 0.211. The van der Waals surface area contributed by atoms with Gasteiger partial charge >= 0.3 is 0 Å². The van der Waals surface area contributed by atoms with Gasteiger partial charge in [0, 0.05) is 9.86 Å². The number of sulfonamides is 1. The summed E-state index contributed by atoms with van der Waals surface area (Å²) >= 11 is 3.39. The van der Waals surface area contributed by atoms with Gasteiger partial charge < -0.3 is 0 Å². The number of rotatable bonds is 3. The van der Waals surface area contributed by atoms with E-state index in [-0.39, 0.29) is 4.90 Å². The predicted octanol–water partition coefficient (Wildman–Crippen LogP) is 3.80. The van der Waals surface area contributed by atoms with Crippen molar-refractivity contribution >= 4 is 42.7 Å². The summed E-state index contributed by atoms with van der Waals surface area (Å²) in [5.74, 6) is 0.300. The summed E-state index contributed by atoms with van der Waals surface area (Å²) in [6.45, 7) is 0. The first-order chi connectivity index (χ1) is 10.0. The molecule has 0 radical (unpaired) electrons. The lowest BCUT2D eigenvalue weighted by atomic mass is 10.2. The first kappa shape index (κ1) is 14.0. The van der Waals surface area contributed by atoms with Crippen LogP contribution in [-0.2, 0) is 10.0 Å². The van der Waals surface area contributed by atoms with Crippen molar-refractivity contribution in [3.63, 3.8) is 0 Å². The number of benzene rings is 2. The van der Waals surface area contributed by atoms with Crippen LogP contribution in [0.4, 0.5) is 5.82 Å². The Hall–Kier alpha value is -1.92. The molecule has 1 heterocycles. The van der Waals surface area contributed by atoms with Crippen molar-refractivity contribution in [2.24, 2.45) is 0 Å². The van der Waals surface area contributed by atoms with Crippen molar-refractivity contribution in [2.45, 2.75) is 4.90 Å². The number of nitrogens with one attached hydrogen (secondary N) is 1. The molecule has 0 bridgehead atoms. The number of aromatic nitrogens is 1. The number of halogens is 1.